The maximum Gasteiger partial charge on any atom is 0.250 e. The van der Waals surface area contributed by atoms with Crippen LogP contribution in [0.25, 0.3) is 0 Å². The molecule has 2 N–H and O–H groups in total. The molecule has 2 aliphatic rings. The van der Waals surface area contributed by atoms with Gasteiger partial charge in [0.1, 0.15) is 30.0 Å². The molecule has 2 aliphatic heterocycles. The van der Waals surface area contributed by atoms with Gasteiger partial charge in [0.15, 0.2) is 0 Å². The van der Waals surface area contributed by atoms with Crippen molar-refractivity contribution in [1.29, 1.82) is 0 Å². The summed E-state index contributed by atoms with van der Waals surface area (Å²) < 4.78 is 14.1. The van der Waals surface area contributed by atoms with Crippen LogP contribution < -0.4 is 15.5 Å². The second kappa shape index (κ2) is 22.4. The first-order chi connectivity index (χ1) is 32.9. The molecule has 2 fully saturated rings. The zero-order valence-corrected chi connectivity index (χ0v) is 39.1. The van der Waals surface area contributed by atoms with Gasteiger partial charge >= 0.3 is 0 Å². The number of nitrogens with zero attached hydrogens (tertiary/aromatic N) is 5. The molecule has 0 saturated carbocycles. The molecule has 2 heterocycles. The first kappa shape index (κ1) is 48.6. The number of likely N-dealkylation sites (tertiary alicyclic amines) is 2. The van der Waals surface area contributed by atoms with Gasteiger partial charge in [-0.2, -0.15) is 0 Å². The van der Waals surface area contributed by atoms with Gasteiger partial charge in [-0.1, -0.05) is 84.9 Å². The number of likely N-dealkylation sites (N-methyl/N-ethyl adjacent to an activating group) is 2. The first-order valence-corrected chi connectivity index (χ1v) is 23.4. The smallest absolute Gasteiger partial charge is 0.250 e. The molecule has 14 heteroatoms. The molecule has 0 spiro atoms. The predicted molar refractivity (Wildman–Crippen MR) is 260 cm³/mol. The third-order valence-electron chi connectivity index (χ3n) is 12.9. The number of amides is 6. The van der Waals surface area contributed by atoms with Gasteiger partial charge < -0.3 is 35.1 Å². The number of anilines is 3. The minimum absolute atomic E-state index is 0.222. The zero-order chi connectivity index (χ0) is 48.3. The van der Waals surface area contributed by atoms with Crippen LogP contribution in [-0.2, 0) is 41.9 Å². The van der Waals surface area contributed by atoms with E-state index in [0.717, 1.165) is 16.8 Å². The highest BCUT2D eigenvalue weighted by Gasteiger charge is 2.42. The molecule has 4 unspecified atom stereocenters. The van der Waals surface area contributed by atoms with E-state index in [0.29, 0.717) is 87.5 Å². The van der Waals surface area contributed by atoms with Crippen molar-refractivity contribution in [3.05, 3.63) is 162 Å². The Morgan fingerprint density at radius 1 is 0.559 bits per heavy atom. The maximum atomic E-state index is 14.2. The van der Waals surface area contributed by atoms with Gasteiger partial charge in [-0.3, -0.25) is 28.8 Å². The average molecular weight is 922 g/mol. The summed E-state index contributed by atoms with van der Waals surface area (Å²) in [6.07, 6.45) is 2.32. The molecule has 0 aromatic heterocycles. The summed E-state index contributed by atoms with van der Waals surface area (Å²) in [7, 11) is 0. The molecule has 0 radical (unpaired) electrons. The van der Waals surface area contributed by atoms with E-state index in [1.54, 1.807) is 21.9 Å². The summed E-state index contributed by atoms with van der Waals surface area (Å²) in [5.74, 6) is -1.96. The summed E-state index contributed by atoms with van der Waals surface area (Å²) in [4.78, 5) is 89.6. The fraction of sp³-hybridized carbons (Fsp3) is 0.333. The zero-order valence-electron chi connectivity index (χ0n) is 39.1. The van der Waals surface area contributed by atoms with Crippen LogP contribution in [0.1, 0.15) is 87.7 Å². The molecule has 6 amide bonds. The molecule has 68 heavy (non-hydrogen) atoms. The Balaban J connectivity index is 0.999. The number of halogens is 1. The van der Waals surface area contributed by atoms with E-state index in [1.807, 2.05) is 123 Å². The number of rotatable bonds is 17. The van der Waals surface area contributed by atoms with E-state index < -0.39 is 24.2 Å². The van der Waals surface area contributed by atoms with Crippen molar-refractivity contribution in [1.82, 2.24) is 19.6 Å². The van der Waals surface area contributed by atoms with Gasteiger partial charge in [0.05, 0.1) is 0 Å². The lowest BCUT2D eigenvalue weighted by Crippen LogP contribution is -2.49. The lowest BCUT2D eigenvalue weighted by atomic mass is 10.0. The van der Waals surface area contributed by atoms with Crippen molar-refractivity contribution in [2.75, 3.05) is 41.7 Å². The van der Waals surface area contributed by atoms with Crippen molar-refractivity contribution in [2.45, 2.75) is 90.6 Å². The van der Waals surface area contributed by atoms with E-state index in [1.165, 1.54) is 35.8 Å². The third kappa shape index (κ3) is 11.4. The van der Waals surface area contributed by atoms with Crippen LogP contribution in [0.15, 0.2) is 133 Å². The average Bonchev–Trinajstić information content (AvgIpc) is 4.05. The molecule has 5 aromatic rings. The summed E-state index contributed by atoms with van der Waals surface area (Å²) in [6, 6.07) is 36.5. The van der Waals surface area contributed by atoms with E-state index in [2.05, 4.69) is 15.5 Å². The lowest BCUT2D eigenvalue weighted by Gasteiger charge is -2.34. The number of benzene rings is 5. The first-order valence-electron chi connectivity index (χ1n) is 23.4. The van der Waals surface area contributed by atoms with E-state index in [4.69, 9.17) is 0 Å². The normalized spacial score (nSPS) is 16.4. The molecular formula is C54H60FN7O6. The monoisotopic (exact) mass is 921 g/mol. The summed E-state index contributed by atoms with van der Waals surface area (Å²) >= 11 is 0. The van der Waals surface area contributed by atoms with Gasteiger partial charge in [-0.25, -0.2) is 4.39 Å². The van der Waals surface area contributed by atoms with E-state index in [-0.39, 0.29) is 41.3 Å². The van der Waals surface area contributed by atoms with E-state index >= 15 is 0 Å². The second-order valence-corrected chi connectivity index (χ2v) is 17.3. The Morgan fingerprint density at radius 2 is 0.941 bits per heavy atom. The van der Waals surface area contributed by atoms with Crippen LogP contribution in [-0.4, -0.2) is 93.3 Å². The Labute approximate surface area is 397 Å². The minimum Gasteiger partial charge on any atom is -0.363 e. The van der Waals surface area contributed by atoms with Crippen molar-refractivity contribution in [3.8, 4) is 0 Å². The summed E-state index contributed by atoms with van der Waals surface area (Å²) in [5.41, 5.74) is 5.18. The molecular weight excluding hydrogens is 862 g/mol. The van der Waals surface area contributed by atoms with Gasteiger partial charge in [-0.05, 0) is 110 Å². The Hall–Kier alpha value is -7.35. The number of nitrogens with one attached hydrogen (secondary N) is 2. The molecule has 354 valence electrons. The molecule has 4 atom stereocenters. The van der Waals surface area contributed by atoms with Crippen LogP contribution >= 0.6 is 0 Å². The van der Waals surface area contributed by atoms with Crippen molar-refractivity contribution in [2.24, 2.45) is 0 Å². The maximum absolute atomic E-state index is 14.2. The van der Waals surface area contributed by atoms with Gasteiger partial charge in [0.2, 0.25) is 23.6 Å². The van der Waals surface area contributed by atoms with Crippen molar-refractivity contribution >= 4 is 52.5 Å². The van der Waals surface area contributed by atoms with Crippen LogP contribution in [0.5, 0.6) is 0 Å². The molecule has 7 rings (SSSR count). The highest BCUT2D eigenvalue weighted by molar-refractivity contribution is 6.00. The van der Waals surface area contributed by atoms with Crippen LogP contribution in [0.3, 0.4) is 0 Å². The van der Waals surface area contributed by atoms with Gasteiger partial charge in [-0.15, -0.1) is 0 Å². The Kier molecular flexibility index (Phi) is 16.0. The predicted octanol–water partition coefficient (Wildman–Crippen LogP) is 8.11. The Morgan fingerprint density at radius 3 is 1.29 bits per heavy atom. The molecule has 0 bridgehead atoms. The minimum atomic E-state index is -0.840. The SMILES string of the molecule is CCN(C(C)=O)C(C(=O)N1CCCC1C(=O)Nc1ccc(CN(Cc2ccc(NC(=O)C3CCCN3C(=O)C(c3ccccc3)N(CC)C(C)=O)cc2)c2ccc(F)cc2)cc1)c1ccccc1. The lowest BCUT2D eigenvalue weighted by molar-refractivity contribution is -0.147. The fourth-order valence-electron chi connectivity index (χ4n) is 9.45. The van der Waals surface area contributed by atoms with Crippen LogP contribution in [0.4, 0.5) is 21.5 Å². The Bertz CT molecular complexity index is 2390. The fourth-order valence-corrected chi connectivity index (χ4v) is 9.45. The quantitative estimate of drug-likeness (QED) is 0.0960. The van der Waals surface area contributed by atoms with Crippen molar-refractivity contribution in [3.63, 3.8) is 0 Å². The largest absolute Gasteiger partial charge is 0.363 e. The topological polar surface area (TPSA) is 143 Å². The van der Waals surface area contributed by atoms with Gasteiger partial charge in [0, 0.05) is 70.2 Å². The molecule has 0 aliphatic carbocycles. The summed E-state index contributed by atoms with van der Waals surface area (Å²) in [6.45, 7) is 8.96. The third-order valence-corrected chi connectivity index (χ3v) is 12.9. The van der Waals surface area contributed by atoms with E-state index in [9.17, 15) is 33.2 Å². The van der Waals surface area contributed by atoms with Gasteiger partial charge in [0.25, 0.3) is 11.8 Å². The number of hydrogen-bond acceptors (Lipinski definition) is 7. The molecule has 5 aromatic carbocycles. The highest BCUT2D eigenvalue weighted by atomic mass is 19.1. The highest BCUT2D eigenvalue weighted by Crippen LogP contribution is 2.31. The van der Waals surface area contributed by atoms with Crippen LogP contribution in [0, 0.1) is 5.82 Å². The number of carbonyl (C=O) groups excluding carboxylic acids is 6. The number of hydrogen-bond donors (Lipinski definition) is 2. The second-order valence-electron chi connectivity index (χ2n) is 17.3. The van der Waals surface area contributed by atoms with Crippen molar-refractivity contribution < 1.29 is 33.2 Å². The standard InChI is InChI=1S/C54H60FN7O6/c1-5-59(37(3)63)49(41-15-9-7-10-16-41)53(67)61-33-13-19-47(61)51(65)56-44-27-21-39(22-28-44)35-58(46-31-25-43(55)26-32-46)36-40-23-29-45(30-24-40)57-52(66)48-20-14-34-62(48)54(68)50(60(6-2)38(4)64)42-17-11-8-12-18-42/h7-12,15-18,21-32,47-50H,5-6,13-14,19-20,33-36H2,1-4H3,(H,56,65)(H,57,66). The summed E-state index contributed by atoms with van der Waals surface area (Å²) in [5, 5.41) is 6.01. The molecule has 13 nitrogen and oxygen atoms in total. The number of carbonyl (C=O) groups is 6. The molecule has 2 saturated heterocycles. The van der Waals surface area contributed by atoms with Crippen LogP contribution in [0.2, 0.25) is 0 Å².